The highest BCUT2D eigenvalue weighted by atomic mass is 35.5. The Labute approximate surface area is 121 Å². The molecule has 0 radical (unpaired) electrons. The number of nitrogens with two attached hydrogens (primary N) is 1. The number of hydrogen-bond acceptors (Lipinski definition) is 3. The molecule has 1 aromatic rings. The fraction of sp³-hybridized carbons (Fsp3) is 0.462. The van der Waals surface area contributed by atoms with E-state index in [-0.39, 0.29) is 5.91 Å². The van der Waals surface area contributed by atoms with Crippen LogP contribution in [0, 0.1) is 0 Å². The number of benzene rings is 1. The van der Waals surface area contributed by atoms with Crippen LogP contribution < -0.4 is 11.1 Å². The molecule has 0 saturated carbocycles. The van der Waals surface area contributed by atoms with Crippen LogP contribution in [0.1, 0.15) is 25.3 Å². The third kappa shape index (κ3) is 5.30. The van der Waals surface area contributed by atoms with Gasteiger partial charge in [0.05, 0.1) is 6.04 Å². The summed E-state index contributed by atoms with van der Waals surface area (Å²) >= 11 is 6.02. The van der Waals surface area contributed by atoms with Crippen LogP contribution in [0.5, 0.6) is 0 Å². The molecule has 1 rings (SSSR count). The van der Waals surface area contributed by atoms with E-state index in [0.29, 0.717) is 22.9 Å². The van der Waals surface area contributed by atoms with Crippen molar-refractivity contribution >= 4 is 34.0 Å². The average molecular weight is 303 g/mol. The first-order valence-electron chi connectivity index (χ1n) is 6.09. The summed E-state index contributed by atoms with van der Waals surface area (Å²) in [4.78, 5) is 11.8. The minimum atomic E-state index is -0.981. The Morgan fingerprint density at radius 2 is 2.21 bits per heavy atom. The smallest absolute Gasteiger partial charge is 0.241 e. The molecule has 0 spiro atoms. The second-order valence-corrected chi connectivity index (χ2v) is 6.25. The van der Waals surface area contributed by atoms with Gasteiger partial charge in [0.15, 0.2) is 0 Å². The Bertz CT molecular complexity index is 480. The molecule has 19 heavy (non-hydrogen) atoms. The molecule has 2 atom stereocenters. The van der Waals surface area contributed by atoms with Gasteiger partial charge in [-0.15, -0.1) is 0 Å². The third-order valence-corrected chi connectivity index (χ3v) is 3.69. The van der Waals surface area contributed by atoms with Crippen molar-refractivity contribution in [2.45, 2.75) is 31.6 Å². The lowest BCUT2D eigenvalue weighted by atomic mass is 10.1. The van der Waals surface area contributed by atoms with Crippen LogP contribution in [0.3, 0.4) is 0 Å². The van der Waals surface area contributed by atoms with Crippen LogP contribution in [-0.4, -0.2) is 22.4 Å². The van der Waals surface area contributed by atoms with Gasteiger partial charge in [0.1, 0.15) is 0 Å². The first kappa shape index (κ1) is 16.1. The minimum absolute atomic E-state index is 0.215. The quantitative estimate of drug-likeness (QED) is 0.847. The van der Waals surface area contributed by atoms with E-state index in [2.05, 4.69) is 5.32 Å². The van der Waals surface area contributed by atoms with Crippen LogP contribution in [0.25, 0.3) is 0 Å². The van der Waals surface area contributed by atoms with Crippen molar-refractivity contribution in [1.29, 1.82) is 0 Å². The second kappa shape index (κ2) is 7.62. The molecule has 0 heterocycles. The third-order valence-electron chi connectivity index (χ3n) is 2.61. The highest BCUT2D eigenvalue weighted by molar-refractivity contribution is 7.83. The lowest BCUT2D eigenvalue weighted by Crippen LogP contribution is -2.35. The summed E-state index contributed by atoms with van der Waals surface area (Å²) in [6, 6.07) is 4.62. The molecule has 0 fully saturated rings. The average Bonchev–Trinajstić information content (AvgIpc) is 2.33. The largest absolute Gasteiger partial charge is 0.325 e. The maximum Gasteiger partial charge on any atom is 0.241 e. The topological polar surface area (TPSA) is 72.2 Å². The normalized spacial score (nSPS) is 13.9. The Morgan fingerprint density at radius 1 is 1.53 bits per heavy atom. The van der Waals surface area contributed by atoms with Gasteiger partial charge in [-0.25, -0.2) is 0 Å². The molecule has 0 bridgehead atoms. The summed E-state index contributed by atoms with van der Waals surface area (Å²) in [6.07, 6.45) is 3.11. The zero-order chi connectivity index (χ0) is 14.4. The van der Waals surface area contributed by atoms with Gasteiger partial charge in [0.2, 0.25) is 5.91 Å². The van der Waals surface area contributed by atoms with Gasteiger partial charge >= 0.3 is 0 Å². The van der Waals surface area contributed by atoms with Crippen molar-refractivity contribution in [2.75, 3.05) is 11.6 Å². The van der Waals surface area contributed by atoms with E-state index < -0.39 is 16.8 Å². The number of carbonyl (C=O) groups excluding carboxylic acids is 1. The van der Waals surface area contributed by atoms with Gasteiger partial charge in [0.25, 0.3) is 0 Å². The molecule has 1 amide bonds. The molecule has 6 heteroatoms. The van der Waals surface area contributed by atoms with E-state index in [1.807, 2.05) is 6.92 Å². The standard InChI is InChI=1S/C13H19ClN2O2S/c1-3-4-12(15)13(17)16-10-5-6-11(14)9(7-10)8-19(2)18/h5-7,12H,3-4,8,15H2,1-2H3,(H,16,17). The first-order chi connectivity index (χ1) is 8.93. The van der Waals surface area contributed by atoms with Crippen molar-refractivity contribution in [2.24, 2.45) is 5.73 Å². The highest BCUT2D eigenvalue weighted by Gasteiger charge is 2.13. The summed E-state index contributed by atoms with van der Waals surface area (Å²) in [7, 11) is -0.981. The van der Waals surface area contributed by atoms with E-state index >= 15 is 0 Å². The lowest BCUT2D eigenvalue weighted by Gasteiger charge is -2.12. The fourth-order valence-electron chi connectivity index (χ4n) is 1.66. The highest BCUT2D eigenvalue weighted by Crippen LogP contribution is 2.22. The Kier molecular flexibility index (Phi) is 6.48. The van der Waals surface area contributed by atoms with Crippen molar-refractivity contribution in [3.05, 3.63) is 28.8 Å². The van der Waals surface area contributed by atoms with E-state index in [0.717, 1.165) is 12.0 Å². The van der Waals surface area contributed by atoms with Crippen LogP contribution >= 0.6 is 11.6 Å². The van der Waals surface area contributed by atoms with Crippen LogP contribution in [-0.2, 0) is 21.3 Å². The zero-order valence-corrected chi connectivity index (χ0v) is 12.7. The number of halogens is 1. The molecule has 0 aliphatic heterocycles. The molecular formula is C13H19ClN2O2S. The minimum Gasteiger partial charge on any atom is -0.325 e. The summed E-state index contributed by atoms with van der Waals surface area (Å²) in [5, 5.41) is 3.29. The van der Waals surface area contributed by atoms with Crippen LogP contribution in [0.2, 0.25) is 5.02 Å². The van der Waals surface area contributed by atoms with Crippen LogP contribution in [0.4, 0.5) is 5.69 Å². The van der Waals surface area contributed by atoms with E-state index in [9.17, 15) is 9.00 Å². The van der Waals surface area contributed by atoms with Gasteiger partial charge in [-0.1, -0.05) is 24.9 Å². The molecule has 0 aromatic heterocycles. The Balaban J connectivity index is 2.79. The number of amides is 1. The summed E-state index contributed by atoms with van der Waals surface area (Å²) < 4.78 is 11.2. The summed E-state index contributed by atoms with van der Waals surface area (Å²) in [5.74, 6) is 0.150. The van der Waals surface area contributed by atoms with Crippen molar-refractivity contribution in [1.82, 2.24) is 0 Å². The van der Waals surface area contributed by atoms with Crippen LogP contribution in [0.15, 0.2) is 18.2 Å². The molecule has 2 unspecified atom stereocenters. The second-order valence-electron chi connectivity index (χ2n) is 4.41. The predicted molar refractivity (Wildman–Crippen MR) is 80.7 cm³/mol. The maximum absolute atomic E-state index is 11.8. The zero-order valence-electron chi connectivity index (χ0n) is 11.1. The summed E-state index contributed by atoms with van der Waals surface area (Å²) in [6.45, 7) is 1.98. The SMILES string of the molecule is CCCC(N)C(=O)Nc1ccc(Cl)c(CS(C)=O)c1. The van der Waals surface area contributed by atoms with Crippen molar-refractivity contribution in [3.63, 3.8) is 0 Å². The van der Waals surface area contributed by atoms with Crippen molar-refractivity contribution < 1.29 is 9.00 Å². The molecule has 0 aliphatic carbocycles. The fourth-order valence-corrected chi connectivity index (χ4v) is 2.60. The van der Waals surface area contributed by atoms with Crippen molar-refractivity contribution in [3.8, 4) is 0 Å². The first-order valence-corrected chi connectivity index (χ1v) is 8.19. The van der Waals surface area contributed by atoms with Gasteiger partial charge in [-0.3, -0.25) is 9.00 Å². The lowest BCUT2D eigenvalue weighted by molar-refractivity contribution is -0.117. The molecular weight excluding hydrogens is 284 g/mol. The maximum atomic E-state index is 11.8. The van der Waals surface area contributed by atoms with Gasteiger partial charge in [0, 0.05) is 33.5 Å². The van der Waals surface area contributed by atoms with E-state index in [1.165, 1.54) is 0 Å². The van der Waals surface area contributed by atoms with Gasteiger partial charge < -0.3 is 11.1 Å². The number of anilines is 1. The monoisotopic (exact) mass is 302 g/mol. The molecule has 4 nitrogen and oxygen atoms in total. The number of nitrogens with one attached hydrogen (secondary N) is 1. The number of rotatable bonds is 6. The Morgan fingerprint density at radius 3 is 2.79 bits per heavy atom. The molecule has 0 aliphatic rings. The number of hydrogen-bond donors (Lipinski definition) is 2. The van der Waals surface area contributed by atoms with Gasteiger partial charge in [-0.05, 0) is 30.2 Å². The van der Waals surface area contributed by atoms with E-state index in [1.54, 1.807) is 24.5 Å². The van der Waals surface area contributed by atoms with E-state index in [4.69, 9.17) is 17.3 Å². The molecule has 106 valence electrons. The number of carbonyl (C=O) groups is 1. The molecule has 0 saturated heterocycles. The predicted octanol–water partition coefficient (Wildman–Crippen LogP) is 2.28. The summed E-state index contributed by atoms with van der Waals surface area (Å²) in [5.41, 5.74) is 7.12. The Hall–Kier alpha value is -0.910. The van der Waals surface area contributed by atoms with Gasteiger partial charge in [-0.2, -0.15) is 0 Å². The molecule has 1 aromatic carbocycles. The molecule has 3 N–H and O–H groups in total.